The lowest BCUT2D eigenvalue weighted by Gasteiger charge is -2.15. The maximum Gasteiger partial charge on any atom is 0.229 e. The summed E-state index contributed by atoms with van der Waals surface area (Å²) >= 11 is 6.23. The van der Waals surface area contributed by atoms with Gasteiger partial charge in [-0.25, -0.2) is 0 Å². The highest BCUT2D eigenvalue weighted by Crippen LogP contribution is 2.39. The topological polar surface area (TPSA) is 61.3 Å². The van der Waals surface area contributed by atoms with Gasteiger partial charge in [-0.3, -0.25) is 0 Å². The lowest BCUT2D eigenvalue weighted by atomic mass is 9.97. The summed E-state index contributed by atoms with van der Waals surface area (Å²) in [6.45, 7) is 4.16. The first-order valence-electron chi connectivity index (χ1n) is 5.62. The average molecular weight is 267 g/mol. The minimum absolute atomic E-state index is 0.283. The Hall–Kier alpha value is -1.68. The molecule has 0 aliphatic heterocycles. The van der Waals surface area contributed by atoms with Crippen LogP contribution in [0.15, 0.2) is 22.9 Å². The van der Waals surface area contributed by atoms with Crippen LogP contribution < -0.4 is 10.5 Å². The summed E-state index contributed by atoms with van der Waals surface area (Å²) in [4.78, 5) is 0. The minimum Gasteiger partial charge on any atom is -0.495 e. The lowest BCUT2D eigenvalue weighted by molar-refractivity contribution is 0.408. The molecule has 0 amide bonds. The van der Waals surface area contributed by atoms with Crippen molar-refractivity contribution in [1.82, 2.24) is 5.16 Å². The zero-order valence-electron chi connectivity index (χ0n) is 10.5. The fourth-order valence-corrected chi connectivity index (χ4v) is 2.18. The van der Waals surface area contributed by atoms with Crippen molar-refractivity contribution < 1.29 is 9.26 Å². The van der Waals surface area contributed by atoms with E-state index < -0.39 is 0 Å². The van der Waals surface area contributed by atoms with Gasteiger partial charge < -0.3 is 15.0 Å². The van der Waals surface area contributed by atoms with Crippen LogP contribution in [0, 0.1) is 0 Å². The molecule has 5 heteroatoms. The number of nitrogens with two attached hydrogens (primary N) is 1. The predicted octanol–water partition coefficient (Wildman–Crippen LogP) is 3.71. The largest absolute Gasteiger partial charge is 0.495 e. The van der Waals surface area contributed by atoms with Crippen molar-refractivity contribution in [2.75, 3.05) is 12.8 Å². The summed E-state index contributed by atoms with van der Waals surface area (Å²) in [5.74, 6) is 1.27. The molecule has 0 bridgehead atoms. The minimum atomic E-state index is 0.283. The third-order valence-corrected chi connectivity index (χ3v) is 3.09. The third kappa shape index (κ3) is 2.16. The molecule has 0 fully saturated rings. The number of anilines is 1. The summed E-state index contributed by atoms with van der Waals surface area (Å²) in [6.07, 6.45) is 1.58. The van der Waals surface area contributed by atoms with Crippen LogP contribution in [0.2, 0.25) is 5.02 Å². The zero-order chi connectivity index (χ0) is 13.3. The Bertz CT molecular complexity index is 564. The first-order chi connectivity index (χ1) is 8.54. The van der Waals surface area contributed by atoms with Crippen molar-refractivity contribution in [3.8, 4) is 16.9 Å². The van der Waals surface area contributed by atoms with Gasteiger partial charge in [0.1, 0.15) is 5.75 Å². The second-order valence-electron chi connectivity index (χ2n) is 4.34. The molecule has 0 saturated carbocycles. The Labute approximate surface area is 111 Å². The number of hydrogen-bond acceptors (Lipinski definition) is 4. The van der Waals surface area contributed by atoms with Crippen molar-refractivity contribution in [1.29, 1.82) is 0 Å². The maximum atomic E-state index is 6.23. The second kappa shape index (κ2) is 4.90. The Kier molecular flexibility index (Phi) is 3.48. The van der Waals surface area contributed by atoms with Gasteiger partial charge in [-0.15, -0.1) is 0 Å². The Balaban J connectivity index is 2.62. The van der Waals surface area contributed by atoms with Gasteiger partial charge in [0, 0.05) is 0 Å². The number of aromatic nitrogens is 1. The van der Waals surface area contributed by atoms with Gasteiger partial charge in [-0.1, -0.05) is 30.6 Å². The summed E-state index contributed by atoms with van der Waals surface area (Å²) in [6, 6.07) is 3.80. The van der Waals surface area contributed by atoms with E-state index in [1.807, 2.05) is 6.07 Å². The van der Waals surface area contributed by atoms with E-state index in [4.69, 9.17) is 26.6 Å². The summed E-state index contributed by atoms with van der Waals surface area (Å²) in [7, 11) is 1.61. The molecule has 1 aromatic carbocycles. The maximum absolute atomic E-state index is 6.23. The van der Waals surface area contributed by atoms with Crippen molar-refractivity contribution in [2.24, 2.45) is 0 Å². The standard InChI is InChI=1S/C13H15ClN2O2/c1-7(2)9-4-8(5-11(14)12(9)17-3)10-6-16-18-13(10)15/h4-7H,15H2,1-3H3. The molecule has 0 aliphatic carbocycles. The molecule has 0 atom stereocenters. The molecular weight excluding hydrogens is 252 g/mol. The van der Waals surface area contributed by atoms with Gasteiger partial charge in [-0.2, -0.15) is 0 Å². The van der Waals surface area contributed by atoms with Crippen molar-refractivity contribution in [3.63, 3.8) is 0 Å². The summed E-state index contributed by atoms with van der Waals surface area (Å²) < 4.78 is 10.2. The van der Waals surface area contributed by atoms with Crippen LogP contribution in [-0.4, -0.2) is 12.3 Å². The predicted molar refractivity (Wildman–Crippen MR) is 72.0 cm³/mol. The Morgan fingerprint density at radius 3 is 2.61 bits per heavy atom. The van der Waals surface area contributed by atoms with E-state index in [1.54, 1.807) is 19.4 Å². The number of benzene rings is 1. The van der Waals surface area contributed by atoms with E-state index in [2.05, 4.69) is 19.0 Å². The molecular formula is C13H15ClN2O2. The van der Waals surface area contributed by atoms with Crippen LogP contribution in [0.4, 0.5) is 5.88 Å². The molecule has 0 spiro atoms. The quantitative estimate of drug-likeness (QED) is 0.920. The molecule has 1 aromatic heterocycles. The first-order valence-corrected chi connectivity index (χ1v) is 6.00. The van der Waals surface area contributed by atoms with Crippen molar-refractivity contribution >= 4 is 17.5 Å². The molecule has 96 valence electrons. The molecule has 18 heavy (non-hydrogen) atoms. The second-order valence-corrected chi connectivity index (χ2v) is 4.75. The third-order valence-electron chi connectivity index (χ3n) is 2.81. The smallest absolute Gasteiger partial charge is 0.229 e. The van der Waals surface area contributed by atoms with Gasteiger partial charge in [-0.05, 0) is 29.2 Å². The van der Waals surface area contributed by atoms with Crippen LogP contribution in [-0.2, 0) is 0 Å². The van der Waals surface area contributed by atoms with Gasteiger partial charge in [0.25, 0.3) is 0 Å². The van der Waals surface area contributed by atoms with Crippen molar-refractivity contribution in [2.45, 2.75) is 19.8 Å². The van der Waals surface area contributed by atoms with Crippen molar-refractivity contribution in [3.05, 3.63) is 28.9 Å². The molecule has 2 rings (SSSR count). The van der Waals surface area contributed by atoms with Crippen LogP contribution >= 0.6 is 11.6 Å². The molecule has 0 unspecified atom stereocenters. The van der Waals surface area contributed by atoms with Crippen LogP contribution in [0.1, 0.15) is 25.3 Å². The fraction of sp³-hybridized carbons (Fsp3) is 0.308. The molecule has 0 radical (unpaired) electrons. The normalized spacial score (nSPS) is 10.9. The summed E-state index contributed by atoms with van der Waals surface area (Å²) in [5, 5.41) is 4.23. The molecule has 4 nitrogen and oxygen atoms in total. The van der Waals surface area contributed by atoms with Gasteiger partial charge in [0.2, 0.25) is 5.88 Å². The molecule has 2 N–H and O–H groups in total. The van der Waals surface area contributed by atoms with Gasteiger partial charge >= 0.3 is 0 Å². The average Bonchev–Trinajstić information content (AvgIpc) is 2.74. The lowest BCUT2D eigenvalue weighted by Crippen LogP contribution is -1.96. The van der Waals surface area contributed by atoms with Gasteiger partial charge in [0.15, 0.2) is 0 Å². The van der Waals surface area contributed by atoms with Crippen LogP contribution in [0.3, 0.4) is 0 Å². The van der Waals surface area contributed by atoms with E-state index in [0.717, 1.165) is 16.7 Å². The van der Waals surface area contributed by atoms with Crippen LogP contribution in [0.25, 0.3) is 11.1 Å². The number of rotatable bonds is 3. The number of methoxy groups -OCH3 is 1. The number of nitrogen functional groups attached to an aromatic ring is 1. The number of ether oxygens (including phenoxy) is 1. The van der Waals surface area contributed by atoms with Crippen LogP contribution in [0.5, 0.6) is 5.75 Å². The van der Waals surface area contributed by atoms with E-state index in [0.29, 0.717) is 16.7 Å². The molecule has 0 saturated heterocycles. The van der Waals surface area contributed by atoms with E-state index in [-0.39, 0.29) is 5.88 Å². The number of nitrogens with zero attached hydrogens (tertiary/aromatic N) is 1. The monoisotopic (exact) mass is 266 g/mol. The SMILES string of the molecule is COc1c(Cl)cc(-c2cnoc2N)cc1C(C)C. The fourth-order valence-electron chi connectivity index (χ4n) is 1.88. The highest BCUT2D eigenvalue weighted by Gasteiger charge is 2.16. The summed E-state index contributed by atoms with van der Waals surface area (Å²) in [5.41, 5.74) is 8.36. The molecule has 2 aromatic rings. The number of halogens is 1. The molecule has 1 heterocycles. The van der Waals surface area contributed by atoms with E-state index in [9.17, 15) is 0 Å². The molecule has 0 aliphatic rings. The highest BCUT2D eigenvalue weighted by molar-refractivity contribution is 6.32. The van der Waals surface area contributed by atoms with E-state index in [1.165, 1.54) is 0 Å². The Morgan fingerprint density at radius 1 is 1.39 bits per heavy atom. The van der Waals surface area contributed by atoms with Gasteiger partial charge in [0.05, 0.1) is 23.9 Å². The Morgan fingerprint density at radius 2 is 2.11 bits per heavy atom. The highest BCUT2D eigenvalue weighted by atomic mass is 35.5. The number of hydrogen-bond donors (Lipinski definition) is 1. The first kappa shape index (κ1) is 12.8. The van der Waals surface area contributed by atoms with E-state index >= 15 is 0 Å². The zero-order valence-corrected chi connectivity index (χ0v) is 11.3.